The van der Waals surface area contributed by atoms with Crippen LogP contribution in [0.5, 0.6) is 0 Å². The first-order chi connectivity index (χ1) is 5.18. The molecule has 0 aliphatic rings. The zero-order valence-electron chi connectivity index (χ0n) is 7.33. The average Bonchev–Trinajstić information content (AvgIpc) is 2.31. The van der Waals surface area contributed by atoms with Crippen LogP contribution in [0.2, 0.25) is 0 Å². The molecule has 0 aliphatic heterocycles. The highest BCUT2D eigenvalue weighted by Gasteiger charge is 1.96. The predicted molar refractivity (Wildman–Crippen MR) is 45.2 cm³/mol. The van der Waals surface area contributed by atoms with Gasteiger partial charge in [-0.2, -0.15) is 5.10 Å². The summed E-state index contributed by atoms with van der Waals surface area (Å²) < 4.78 is 1.82. The molecule has 0 atom stereocenters. The lowest BCUT2D eigenvalue weighted by Crippen LogP contribution is -2.21. The van der Waals surface area contributed by atoms with E-state index in [0.29, 0.717) is 6.04 Å². The third-order valence-corrected chi connectivity index (χ3v) is 1.47. The first-order valence-corrected chi connectivity index (χ1v) is 3.89. The normalized spacial score (nSPS) is 10.9. The fourth-order valence-corrected chi connectivity index (χ4v) is 0.885. The molecule has 0 radical (unpaired) electrons. The van der Waals surface area contributed by atoms with Gasteiger partial charge < -0.3 is 5.32 Å². The molecule has 62 valence electrons. The van der Waals surface area contributed by atoms with Crippen LogP contribution in [0.1, 0.15) is 19.4 Å². The molecular weight excluding hydrogens is 138 g/mol. The molecule has 3 nitrogen and oxygen atoms in total. The van der Waals surface area contributed by atoms with E-state index in [1.807, 2.05) is 24.1 Å². The Bertz CT molecular complexity index is 215. The molecular formula is C8H15N3. The number of hydrogen-bond acceptors (Lipinski definition) is 2. The van der Waals surface area contributed by atoms with Gasteiger partial charge in [0.15, 0.2) is 0 Å². The second-order valence-electron chi connectivity index (χ2n) is 3.06. The Morgan fingerprint density at radius 3 is 2.82 bits per heavy atom. The van der Waals surface area contributed by atoms with Gasteiger partial charge in [-0.05, 0) is 0 Å². The standard InChI is InChI=1S/C8H15N3/c1-7(2)9-4-8-5-10-11(3)6-8/h5-7,9H,4H2,1-3H3. The first-order valence-electron chi connectivity index (χ1n) is 3.89. The summed E-state index contributed by atoms with van der Waals surface area (Å²) in [6.45, 7) is 5.18. The highest BCUT2D eigenvalue weighted by molar-refractivity contribution is 5.02. The van der Waals surface area contributed by atoms with Gasteiger partial charge in [-0.3, -0.25) is 4.68 Å². The third-order valence-electron chi connectivity index (χ3n) is 1.47. The van der Waals surface area contributed by atoms with Crippen molar-refractivity contribution in [3.05, 3.63) is 18.0 Å². The Hall–Kier alpha value is -0.830. The lowest BCUT2D eigenvalue weighted by molar-refractivity contribution is 0.588. The van der Waals surface area contributed by atoms with Crippen molar-refractivity contribution in [1.29, 1.82) is 0 Å². The van der Waals surface area contributed by atoms with Crippen LogP contribution in [-0.4, -0.2) is 15.8 Å². The number of aryl methyl sites for hydroxylation is 1. The van der Waals surface area contributed by atoms with Crippen molar-refractivity contribution in [2.45, 2.75) is 26.4 Å². The molecule has 0 fully saturated rings. The maximum Gasteiger partial charge on any atom is 0.0534 e. The SMILES string of the molecule is CC(C)NCc1cnn(C)c1. The minimum atomic E-state index is 0.537. The van der Waals surface area contributed by atoms with Gasteiger partial charge in [0.25, 0.3) is 0 Å². The van der Waals surface area contributed by atoms with Gasteiger partial charge in [0.05, 0.1) is 6.20 Å². The Labute approximate surface area is 67.4 Å². The number of aromatic nitrogens is 2. The van der Waals surface area contributed by atoms with Crippen LogP contribution >= 0.6 is 0 Å². The lowest BCUT2D eigenvalue weighted by Gasteiger charge is -2.04. The van der Waals surface area contributed by atoms with E-state index in [-0.39, 0.29) is 0 Å². The van der Waals surface area contributed by atoms with Crippen LogP contribution in [0.3, 0.4) is 0 Å². The molecule has 0 aliphatic carbocycles. The molecule has 3 heteroatoms. The summed E-state index contributed by atoms with van der Waals surface area (Å²) in [5.74, 6) is 0. The molecule has 0 bridgehead atoms. The molecule has 1 aromatic heterocycles. The number of nitrogens with zero attached hydrogens (tertiary/aromatic N) is 2. The summed E-state index contributed by atoms with van der Waals surface area (Å²) in [6.07, 6.45) is 3.91. The zero-order chi connectivity index (χ0) is 8.27. The van der Waals surface area contributed by atoms with Crippen molar-refractivity contribution in [2.24, 2.45) is 7.05 Å². The molecule has 1 rings (SSSR count). The Morgan fingerprint density at radius 2 is 2.36 bits per heavy atom. The fraction of sp³-hybridized carbons (Fsp3) is 0.625. The molecule has 11 heavy (non-hydrogen) atoms. The smallest absolute Gasteiger partial charge is 0.0534 e. The molecule has 1 aromatic rings. The summed E-state index contributed by atoms with van der Waals surface area (Å²) in [5.41, 5.74) is 1.24. The zero-order valence-corrected chi connectivity index (χ0v) is 7.33. The van der Waals surface area contributed by atoms with Crippen LogP contribution in [0.4, 0.5) is 0 Å². The second-order valence-corrected chi connectivity index (χ2v) is 3.06. The second kappa shape index (κ2) is 3.53. The molecule has 1 N–H and O–H groups in total. The minimum absolute atomic E-state index is 0.537. The van der Waals surface area contributed by atoms with Gasteiger partial charge in [0.1, 0.15) is 0 Å². The number of rotatable bonds is 3. The molecule has 0 amide bonds. The van der Waals surface area contributed by atoms with E-state index in [4.69, 9.17) is 0 Å². The predicted octanol–water partition coefficient (Wildman–Crippen LogP) is 0.918. The van der Waals surface area contributed by atoms with Gasteiger partial charge >= 0.3 is 0 Å². The number of hydrogen-bond donors (Lipinski definition) is 1. The van der Waals surface area contributed by atoms with E-state index < -0.39 is 0 Å². The van der Waals surface area contributed by atoms with E-state index in [9.17, 15) is 0 Å². The molecule has 0 saturated heterocycles. The Kier molecular flexibility index (Phi) is 2.65. The topological polar surface area (TPSA) is 29.9 Å². The van der Waals surface area contributed by atoms with E-state index in [1.54, 1.807) is 0 Å². The monoisotopic (exact) mass is 153 g/mol. The van der Waals surface area contributed by atoms with E-state index in [2.05, 4.69) is 24.3 Å². The van der Waals surface area contributed by atoms with Gasteiger partial charge in [-0.25, -0.2) is 0 Å². The maximum absolute atomic E-state index is 4.07. The van der Waals surface area contributed by atoms with Gasteiger partial charge in [-0.15, -0.1) is 0 Å². The summed E-state index contributed by atoms with van der Waals surface area (Å²) in [4.78, 5) is 0. The quantitative estimate of drug-likeness (QED) is 0.699. The van der Waals surface area contributed by atoms with E-state index in [0.717, 1.165) is 6.54 Å². The lowest BCUT2D eigenvalue weighted by atomic mass is 10.3. The van der Waals surface area contributed by atoms with Crippen molar-refractivity contribution < 1.29 is 0 Å². The van der Waals surface area contributed by atoms with Gasteiger partial charge in [-0.1, -0.05) is 13.8 Å². The fourth-order valence-electron chi connectivity index (χ4n) is 0.885. The average molecular weight is 153 g/mol. The minimum Gasteiger partial charge on any atom is -0.310 e. The van der Waals surface area contributed by atoms with Gasteiger partial charge in [0.2, 0.25) is 0 Å². The van der Waals surface area contributed by atoms with Crippen LogP contribution < -0.4 is 5.32 Å². The van der Waals surface area contributed by atoms with Crippen LogP contribution in [-0.2, 0) is 13.6 Å². The first kappa shape index (κ1) is 8.27. The third kappa shape index (κ3) is 2.72. The van der Waals surface area contributed by atoms with Gasteiger partial charge in [0, 0.05) is 31.4 Å². The molecule has 0 aromatic carbocycles. The molecule has 1 heterocycles. The van der Waals surface area contributed by atoms with Crippen molar-refractivity contribution in [3.8, 4) is 0 Å². The maximum atomic E-state index is 4.07. The van der Waals surface area contributed by atoms with Crippen LogP contribution in [0, 0.1) is 0 Å². The molecule has 0 spiro atoms. The molecule has 0 saturated carbocycles. The number of nitrogens with one attached hydrogen (secondary N) is 1. The highest BCUT2D eigenvalue weighted by atomic mass is 15.2. The highest BCUT2D eigenvalue weighted by Crippen LogP contribution is 1.95. The van der Waals surface area contributed by atoms with Crippen molar-refractivity contribution in [3.63, 3.8) is 0 Å². The molecule has 0 unspecified atom stereocenters. The summed E-state index contributed by atoms with van der Waals surface area (Å²) in [6, 6.07) is 0.537. The van der Waals surface area contributed by atoms with Crippen molar-refractivity contribution >= 4 is 0 Å². The van der Waals surface area contributed by atoms with Crippen LogP contribution in [0.15, 0.2) is 12.4 Å². The Balaban J connectivity index is 2.39. The summed E-state index contributed by atoms with van der Waals surface area (Å²) >= 11 is 0. The van der Waals surface area contributed by atoms with Crippen molar-refractivity contribution in [2.75, 3.05) is 0 Å². The summed E-state index contributed by atoms with van der Waals surface area (Å²) in [5, 5.41) is 7.39. The largest absolute Gasteiger partial charge is 0.310 e. The Morgan fingerprint density at radius 1 is 1.64 bits per heavy atom. The van der Waals surface area contributed by atoms with E-state index >= 15 is 0 Å². The summed E-state index contributed by atoms with van der Waals surface area (Å²) in [7, 11) is 1.93. The van der Waals surface area contributed by atoms with Crippen molar-refractivity contribution in [1.82, 2.24) is 15.1 Å². The van der Waals surface area contributed by atoms with E-state index in [1.165, 1.54) is 5.56 Å². The van der Waals surface area contributed by atoms with Crippen LogP contribution in [0.25, 0.3) is 0 Å².